The number of anilines is 1. The van der Waals surface area contributed by atoms with Crippen molar-refractivity contribution in [3.63, 3.8) is 0 Å². The van der Waals surface area contributed by atoms with Crippen LogP contribution in [0.25, 0.3) is 0 Å². The first-order chi connectivity index (χ1) is 15.0. The number of carbonyl (C=O) groups is 1. The zero-order chi connectivity index (χ0) is 23.2. The quantitative estimate of drug-likeness (QED) is 0.372. The highest BCUT2D eigenvalue weighted by Gasteiger charge is 2.12. The number of nitrogens with zero attached hydrogens (tertiary/aromatic N) is 1. The average molecular weight is 419 g/mol. The van der Waals surface area contributed by atoms with Gasteiger partial charge in [-0.1, -0.05) is 38.0 Å². The number of aliphatic imine (C=N–C) groups is 1. The van der Waals surface area contributed by atoms with Gasteiger partial charge in [-0.05, 0) is 37.6 Å². The predicted octanol–water partition coefficient (Wildman–Crippen LogP) is 3.35. The number of likely N-dealkylation sites (N-methyl/N-ethyl adjacent to an activating group) is 1. The molecular weight excluding hydrogens is 388 g/mol. The van der Waals surface area contributed by atoms with Crippen LogP contribution >= 0.6 is 0 Å². The van der Waals surface area contributed by atoms with Crippen LogP contribution in [-0.2, 0) is 4.79 Å². The Morgan fingerprint density at radius 3 is 2.58 bits per heavy atom. The van der Waals surface area contributed by atoms with Crippen LogP contribution in [0.4, 0.5) is 5.69 Å². The van der Waals surface area contributed by atoms with Crippen molar-refractivity contribution in [1.29, 1.82) is 5.41 Å². The molecule has 7 nitrogen and oxygen atoms in total. The van der Waals surface area contributed by atoms with Crippen molar-refractivity contribution in [2.45, 2.75) is 27.7 Å². The van der Waals surface area contributed by atoms with Crippen molar-refractivity contribution in [1.82, 2.24) is 10.6 Å². The van der Waals surface area contributed by atoms with E-state index in [4.69, 9.17) is 11.1 Å². The van der Waals surface area contributed by atoms with E-state index in [1.807, 2.05) is 45.0 Å². The van der Waals surface area contributed by atoms with E-state index in [-0.39, 0.29) is 11.7 Å². The minimum absolute atomic E-state index is 0.0986. The van der Waals surface area contributed by atoms with Crippen LogP contribution < -0.4 is 21.7 Å². The summed E-state index contributed by atoms with van der Waals surface area (Å²) in [6.07, 6.45) is 7.61. The molecule has 2 rings (SSSR count). The number of carbonyl (C=O) groups excluding carboxylic acids is 1. The molecule has 1 amide bonds. The van der Waals surface area contributed by atoms with Crippen LogP contribution in [0, 0.1) is 24.2 Å². The summed E-state index contributed by atoms with van der Waals surface area (Å²) in [7, 11) is 1.54. The lowest BCUT2D eigenvalue weighted by atomic mass is 10.0. The van der Waals surface area contributed by atoms with Crippen molar-refractivity contribution in [3.05, 3.63) is 76.9 Å². The van der Waals surface area contributed by atoms with Gasteiger partial charge in [0.05, 0.1) is 5.57 Å². The summed E-state index contributed by atoms with van der Waals surface area (Å²) < 4.78 is 0. The highest BCUT2D eigenvalue weighted by atomic mass is 16.1. The SMILES string of the molecule is CC.CC#C/C1=C\C(C(=O)NC)=C/NC(=N)/C=C1/C=N\C(=C\N)Nc1ccccc1C. The number of nitrogens with two attached hydrogens (primary N) is 1. The van der Waals surface area contributed by atoms with Gasteiger partial charge in [0.1, 0.15) is 11.7 Å². The van der Waals surface area contributed by atoms with Crippen molar-refractivity contribution in [3.8, 4) is 11.8 Å². The molecule has 1 aromatic rings. The molecule has 0 bridgehead atoms. The largest absolute Gasteiger partial charge is 0.402 e. The third-order valence-corrected chi connectivity index (χ3v) is 3.95. The molecule has 0 fully saturated rings. The average Bonchev–Trinajstić information content (AvgIpc) is 2.78. The fourth-order valence-electron chi connectivity index (χ4n) is 2.44. The molecule has 6 N–H and O–H groups in total. The molecule has 1 aromatic carbocycles. The summed E-state index contributed by atoms with van der Waals surface area (Å²) in [6, 6.07) is 7.78. The molecule has 0 spiro atoms. The second-order valence-corrected chi connectivity index (χ2v) is 6.02. The molecule has 0 saturated carbocycles. The van der Waals surface area contributed by atoms with Gasteiger partial charge < -0.3 is 21.7 Å². The van der Waals surface area contributed by atoms with Gasteiger partial charge in [-0.2, -0.15) is 0 Å². The van der Waals surface area contributed by atoms with Crippen molar-refractivity contribution in [2.24, 2.45) is 10.7 Å². The number of rotatable bonds is 5. The Morgan fingerprint density at radius 2 is 1.97 bits per heavy atom. The number of hydrogen-bond acceptors (Lipinski definition) is 5. The lowest BCUT2D eigenvalue weighted by Gasteiger charge is -2.11. The minimum atomic E-state index is -0.289. The Balaban J connectivity index is 0.00000233. The summed E-state index contributed by atoms with van der Waals surface area (Å²) in [5.74, 6) is 6.05. The number of benzene rings is 1. The molecule has 0 aliphatic carbocycles. The summed E-state index contributed by atoms with van der Waals surface area (Å²) in [5, 5.41) is 16.6. The van der Waals surface area contributed by atoms with Gasteiger partial charge in [-0.25, -0.2) is 4.99 Å². The lowest BCUT2D eigenvalue weighted by molar-refractivity contribution is -0.116. The molecule has 0 radical (unpaired) electrons. The maximum Gasteiger partial charge on any atom is 0.252 e. The molecule has 162 valence electrons. The van der Waals surface area contributed by atoms with Gasteiger partial charge in [0, 0.05) is 42.5 Å². The molecule has 1 aliphatic heterocycles. The molecule has 0 atom stereocenters. The van der Waals surface area contributed by atoms with E-state index in [1.54, 1.807) is 32.3 Å². The number of para-hydroxylation sites is 1. The standard InChI is InChI=1S/C22H24N6O.C2H6/c1-4-7-16-10-18(22(29)25-3)14-26-20(24)11-17(16)13-27-21(12-23)28-19-9-6-5-8-15(19)2;1-2/h5-6,8-14,28H,23H2,1-3H3,(H2,24,26)(H,25,29);1-2H3/b21-12-,27-13-;. The van der Waals surface area contributed by atoms with Gasteiger partial charge in [-0.3, -0.25) is 10.2 Å². The number of nitrogens with one attached hydrogen (secondary N) is 4. The van der Waals surface area contributed by atoms with Gasteiger partial charge >= 0.3 is 0 Å². The fourth-order valence-corrected chi connectivity index (χ4v) is 2.44. The van der Waals surface area contributed by atoms with Crippen molar-refractivity contribution < 1.29 is 4.79 Å². The number of amidine groups is 1. The van der Waals surface area contributed by atoms with E-state index < -0.39 is 0 Å². The molecule has 0 saturated heterocycles. The number of hydrogen-bond donors (Lipinski definition) is 5. The van der Waals surface area contributed by atoms with E-state index in [0.29, 0.717) is 22.5 Å². The Kier molecular flexibility index (Phi) is 10.7. The third-order valence-electron chi connectivity index (χ3n) is 3.95. The fraction of sp³-hybridized carbons (Fsp3) is 0.208. The van der Waals surface area contributed by atoms with Gasteiger partial charge in [0.15, 0.2) is 0 Å². The van der Waals surface area contributed by atoms with Gasteiger partial charge in [0.25, 0.3) is 5.91 Å². The second kappa shape index (κ2) is 13.2. The van der Waals surface area contributed by atoms with Crippen LogP contribution in [-0.4, -0.2) is 25.0 Å². The monoisotopic (exact) mass is 418 g/mol. The zero-order valence-corrected chi connectivity index (χ0v) is 18.6. The number of aryl methyl sites for hydroxylation is 1. The normalized spacial score (nSPS) is 18.7. The Bertz CT molecular complexity index is 1020. The predicted molar refractivity (Wildman–Crippen MR) is 130 cm³/mol. The first-order valence-electron chi connectivity index (χ1n) is 9.91. The Hall–Kier alpha value is -4.05. The van der Waals surface area contributed by atoms with Crippen LogP contribution in [0.15, 0.2) is 76.4 Å². The third kappa shape index (κ3) is 7.71. The van der Waals surface area contributed by atoms with E-state index in [2.05, 4.69) is 32.8 Å². The highest BCUT2D eigenvalue weighted by Crippen LogP contribution is 2.17. The molecule has 1 aliphatic rings. The second-order valence-electron chi connectivity index (χ2n) is 6.02. The number of amides is 1. The van der Waals surface area contributed by atoms with E-state index >= 15 is 0 Å². The molecule has 7 heteroatoms. The number of allylic oxidation sites excluding steroid dienone is 2. The smallest absolute Gasteiger partial charge is 0.252 e. The maximum atomic E-state index is 12.1. The lowest BCUT2D eigenvalue weighted by Crippen LogP contribution is -2.24. The molecule has 0 aromatic heterocycles. The van der Waals surface area contributed by atoms with Crippen molar-refractivity contribution in [2.75, 3.05) is 12.4 Å². The Morgan fingerprint density at radius 1 is 1.26 bits per heavy atom. The summed E-state index contributed by atoms with van der Waals surface area (Å²) in [4.78, 5) is 16.5. The maximum absolute atomic E-state index is 12.1. The molecule has 31 heavy (non-hydrogen) atoms. The van der Waals surface area contributed by atoms with Crippen molar-refractivity contribution >= 4 is 23.6 Å². The minimum Gasteiger partial charge on any atom is -0.402 e. The molecule has 1 heterocycles. The summed E-state index contributed by atoms with van der Waals surface area (Å²) in [6.45, 7) is 7.68. The first-order valence-corrected chi connectivity index (χ1v) is 9.91. The topological polar surface area (TPSA) is 115 Å². The zero-order valence-electron chi connectivity index (χ0n) is 18.6. The van der Waals surface area contributed by atoms with Crippen LogP contribution in [0.3, 0.4) is 0 Å². The summed E-state index contributed by atoms with van der Waals surface area (Å²) in [5.41, 5.74) is 9.14. The van der Waals surface area contributed by atoms with Gasteiger partial charge in [-0.15, -0.1) is 5.92 Å². The van der Waals surface area contributed by atoms with Gasteiger partial charge in [0.2, 0.25) is 0 Å². The summed E-state index contributed by atoms with van der Waals surface area (Å²) >= 11 is 0. The van der Waals surface area contributed by atoms with E-state index in [9.17, 15) is 4.79 Å². The molecular formula is C24H30N6O. The first kappa shape index (κ1) is 25.0. The highest BCUT2D eigenvalue weighted by molar-refractivity contribution is 6.04. The van der Waals surface area contributed by atoms with E-state index in [0.717, 1.165) is 11.3 Å². The van der Waals surface area contributed by atoms with Crippen LogP contribution in [0.5, 0.6) is 0 Å². The Labute approximate surface area is 184 Å². The van der Waals surface area contributed by atoms with Crippen LogP contribution in [0.2, 0.25) is 0 Å². The van der Waals surface area contributed by atoms with E-state index in [1.165, 1.54) is 12.4 Å². The molecule has 0 unspecified atom stereocenters. The van der Waals surface area contributed by atoms with Crippen LogP contribution in [0.1, 0.15) is 26.3 Å².